The van der Waals surface area contributed by atoms with Gasteiger partial charge in [0.05, 0.1) is 6.10 Å². The van der Waals surface area contributed by atoms with Crippen molar-refractivity contribution in [2.24, 2.45) is 0 Å². The predicted molar refractivity (Wildman–Crippen MR) is 81.0 cm³/mol. The molecule has 2 heteroatoms. The van der Waals surface area contributed by atoms with E-state index in [1.165, 1.54) is 19.3 Å². The minimum absolute atomic E-state index is 0.298. The summed E-state index contributed by atoms with van der Waals surface area (Å²) in [5, 5.41) is 10.0. The number of rotatable bonds is 3. The van der Waals surface area contributed by atoms with E-state index < -0.39 is 0 Å². The molecule has 1 saturated carbocycles. The molecule has 0 heterocycles. The lowest BCUT2D eigenvalue weighted by molar-refractivity contribution is 0.155. The van der Waals surface area contributed by atoms with Crippen LogP contribution in [0.3, 0.4) is 0 Å². The van der Waals surface area contributed by atoms with Crippen LogP contribution in [0.5, 0.6) is 11.5 Å². The zero-order valence-electron chi connectivity index (χ0n) is 11.6. The summed E-state index contributed by atoms with van der Waals surface area (Å²) >= 11 is 0. The van der Waals surface area contributed by atoms with Crippen molar-refractivity contribution >= 4 is 0 Å². The zero-order chi connectivity index (χ0) is 13.8. The Morgan fingerprint density at radius 1 is 0.800 bits per heavy atom. The summed E-state index contributed by atoms with van der Waals surface area (Å²) in [5.74, 6) is 1.17. The van der Waals surface area contributed by atoms with Crippen LogP contribution >= 0.6 is 0 Å². The van der Waals surface area contributed by atoms with Crippen LogP contribution in [0, 0.1) is 0 Å². The molecule has 1 N–H and O–H groups in total. The van der Waals surface area contributed by atoms with Gasteiger partial charge >= 0.3 is 0 Å². The van der Waals surface area contributed by atoms with E-state index in [1.807, 2.05) is 42.5 Å². The Labute approximate surface area is 120 Å². The van der Waals surface area contributed by atoms with Crippen LogP contribution in [0.15, 0.2) is 48.5 Å². The number of hydrogen-bond acceptors (Lipinski definition) is 2. The highest BCUT2D eigenvalue weighted by Crippen LogP contribution is 2.36. The molecule has 0 aromatic heterocycles. The SMILES string of the molecule is Oc1ccccc1-c1ccccc1OC1CCCCC1. The van der Waals surface area contributed by atoms with Crippen LogP contribution in [0.25, 0.3) is 11.1 Å². The van der Waals surface area contributed by atoms with Crippen LogP contribution in [0.1, 0.15) is 32.1 Å². The highest BCUT2D eigenvalue weighted by atomic mass is 16.5. The monoisotopic (exact) mass is 268 g/mol. The maximum Gasteiger partial charge on any atom is 0.127 e. The molecular formula is C18H20O2. The second kappa shape index (κ2) is 6.00. The molecule has 2 aromatic carbocycles. The first-order chi connectivity index (χ1) is 9.84. The maximum absolute atomic E-state index is 10.0. The summed E-state index contributed by atoms with van der Waals surface area (Å²) < 4.78 is 6.18. The van der Waals surface area contributed by atoms with Gasteiger partial charge in [0.1, 0.15) is 11.5 Å². The van der Waals surface area contributed by atoms with Gasteiger partial charge in [-0.25, -0.2) is 0 Å². The molecular weight excluding hydrogens is 248 g/mol. The Balaban J connectivity index is 1.90. The van der Waals surface area contributed by atoms with Crippen molar-refractivity contribution < 1.29 is 9.84 Å². The molecule has 0 atom stereocenters. The summed E-state index contributed by atoms with van der Waals surface area (Å²) in [4.78, 5) is 0. The number of para-hydroxylation sites is 2. The first-order valence-corrected chi connectivity index (χ1v) is 7.38. The third-order valence-corrected chi connectivity index (χ3v) is 3.93. The topological polar surface area (TPSA) is 29.5 Å². The number of hydrogen-bond donors (Lipinski definition) is 1. The molecule has 20 heavy (non-hydrogen) atoms. The van der Waals surface area contributed by atoms with Gasteiger partial charge in [0.25, 0.3) is 0 Å². The van der Waals surface area contributed by atoms with Gasteiger partial charge in [-0.3, -0.25) is 0 Å². The fraction of sp³-hybridized carbons (Fsp3) is 0.333. The summed E-state index contributed by atoms with van der Waals surface area (Å²) in [6, 6.07) is 15.4. The van der Waals surface area contributed by atoms with E-state index in [0.29, 0.717) is 11.9 Å². The molecule has 0 spiro atoms. The molecule has 1 aliphatic rings. The molecule has 0 bridgehead atoms. The largest absolute Gasteiger partial charge is 0.507 e. The lowest BCUT2D eigenvalue weighted by Gasteiger charge is -2.24. The molecule has 0 radical (unpaired) electrons. The van der Waals surface area contributed by atoms with Crippen LogP contribution in [-0.2, 0) is 0 Å². The molecule has 0 amide bonds. The van der Waals surface area contributed by atoms with Gasteiger partial charge in [0, 0.05) is 11.1 Å². The lowest BCUT2D eigenvalue weighted by atomic mass is 9.97. The maximum atomic E-state index is 10.0. The molecule has 2 nitrogen and oxygen atoms in total. The van der Waals surface area contributed by atoms with E-state index in [-0.39, 0.29) is 0 Å². The minimum Gasteiger partial charge on any atom is -0.507 e. The highest BCUT2D eigenvalue weighted by Gasteiger charge is 2.17. The fourth-order valence-electron chi connectivity index (χ4n) is 2.86. The second-order valence-corrected chi connectivity index (χ2v) is 5.39. The van der Waals surface area contributed by atoms with Gasteiger partial charge in [-0.05, 0) is 37.8 Å². The van der Waals surface area contributed by atoms with Crippen molar-refractivity contribution in [3.63, 3.8) is 0 Å². The summed E-state index contributed by atoms with van der Waals surface area (Å²) in [6.07, 6.45) is 6.41. The molecule has 0 saturated heterocycles. The number of aromatic hydroxyl groups is 1. The van der Waals surface area contributed by atoms with E-state index in [2.05, 4.69) is 0 Å². The second-order valence-electron chi connectivity index (χ2n) is 5.39. The molecule has 1 aliphatic carbocycles. The fourth-order valence-corrected chi connectivity index (χ4v) is 2.86. The van der Waals surface area contributed by atoms with Crippen molar-refractivity contribution in [1.29, 1.82) is 0 Å². The molecule has 2 aromatic rings. The van der Waals surface area contributed by atoms with Crippen molar-refractivity contribution in [3.05, 3.63) is 48.5 Å². The van der Waals surface area contributed by atoms with Crippen LogP contribution in [0.2, 0.25) is 0 Å². The summed E-state index contributed by atoms with van der Waals surface area (Å²) in [5.41, 5.74) is 1.80. The number of phenols is 1. The number of ether oxygens (including phenoxy) is 1. The van der Waals surface area contributed by atoms with E-state index in [4.69, 9.17) is 4.74 Å². The van der Waals surface area contributed by atoms with Gasteiger partial charge < -0.3 is 9.84 Å². The summed E-state index contributed by atoms with van der Waals surface area (Å²) in [7, 11) is 0. The Hall–Kier alpha value is -1.96. The van der Waals surface area contributed by atoms with E-state index in [1.54, 1.807) is 6.07 Å². The predicted octanol–water partition coefficient (Wildman–Crippen LogP) is 4.77. The van der Waals surface area contributed by atoms with Crippen molar-refractivity contribution in [3.8, 4) is 22.6 Å². The molecule has 0 aliphatic heterocycles. The van der Waals surface area contributed by atoms with E-state index in [9.17, 15) is 5.11 Å². The van der Waals surface area contributed by atoms with Crippen molar-refractivity contribution in [2.45, 2.75) is 38.2 Å². The summed E-state index contributed by atoms with van der Waals surface area (Å²) in [6.45, 7) is 0. The Morgan fingerprint density at radius 3 is 2.20 bits per heavy atom. The van der Waals surface area contributed by atoms with E-state index in [0.717, 1.165) is 29.7 Å². The Kier molecular flexibility index (Phi) is 3.91. The van der Waals surface area contributed by atoms with Gasteiger partial charge in [-0.15, -0.1) is 0 Å². The third kappa shape index (κ3) is 2.79. The first-order valence-electron chi connectivity index (χ1n) is 7.38. The van der Waals surface area contributed by atoms with Gasteiger partial charge in [-0.1, -0.05) is 42.8 Å². The van der Waals surface area contributed by atoms with Crippen LogP contribution in [0.4, 0.5) is 0 Å². The normalized spacial score (nSPS) is 16.0. The zero-order valence-corrected chi connectivity index (χ0v) is 11.6. The molecule has 104 valence electrons. The number of phenolic OH excluding ortho intramolecular Hbond substituents is 1. The van der Waals surface area contributed by atoms with Crippen molar-refractivity contribution in [2.75, 3.05) is 0 Å². The van der Waals surface area contributed by atoms with E-state index >= 15 is 0 Å². The lowest BCUT2D eigenvalue weighted by Crippen LogP contribution is -2.19. The number of benzene rings is 2. The van der Waals surface area contributed by atoms with Gasteiger partial charge in [0.15, 0.2) is 0 Å². The van der Waals surface area contributed by atoms with Crippen LogP contribution < -0.4 is 4.74 Å². The quantitative estimate of drug-likeness (QED) is 0.868. The standard InChI is InChI=1S/C18H20O2/c19-17-12-6-4-10-15(17)16-11-5-7-13-18(16)20-14-8-2-1-3-9-14/h4-7,10-14,19H,1-3,8-9H2. The molecule has 0 unspecified atom stereocenters. The molecule has 1 fully saturated rings. The van der Waals surface area contributed by atoms with Gasteiger partial charge in [0.2, 0.25) is 0 Å². The third-order valence-electron chi connectivity index (χ3n) is 3.93. The average Bonchev–Trinajstić information content (AvgIpc) is 2.50. The average molecular weight is 268 g/mol. The first kappa shape index (κ1) is 13.0. The van der Waals surface area contributed by atoms with Crippen LogP contribution in [-0.4, -0.2) is 11.2 Å². The Morgan fingerprint density at radius 2 is 1.45 bits per heavy atom. The van der Waals surface area contributed by atoms with Crippen molar-refractivity contribution in [1.82, 2.24) is 0 Å². The highest BCUT2D eigenvalue weighted by molar-refractivity contribution is 5.75. The Bertz CT molecular complexity index is 571. The smallest absolute Gasteiger partial charge is 0.127 e. The molecule has 3 rings (SSSR count). The minimum atomic E-state index is 0.298. The van der Waals surface area contributed by atoms with Gasteiger partial charge in [-0.2, -0.15) is 0 Å².